The van der Waals surface area contributed by atoms with Gasteiger partial charge in [0.25, 0.3) is 0 Å². The third-order valence-electron chi connectivity index (χ3n) is 2.15. The topological polar surface area (TPSA) is 98.2 Å². The molecule has 0 spiro atoms. The highest BCUT2D eigenvalue weighted by atomic mass is 16.4. The molecule has 0 radical (unpaired) electrons. The zero-order chi connectivity index (χ0) is 14.1. The number of nitrogens with zero attached hydrogens (tertiary/aromatic N) is 2. The van der Waals surface area contributed by atoms with Crippen molar-refractivity contribution >= 4 is 18.0 Å². The van der Waals surface area contributed by atoms with Crippen LogP contribution in [0.1, 0.15) is 12.8 Å². The maximum Gasteiger partial charge on any atom is 0.323 e. The minimum Gasteiger partial charge on any atom is -0.480 e. The van der Waals surface area contributed by atoms with E-state index in [4.69, 9.17) is 10.2 Å². The first-order valence-corrected chi connectivity index (χ1v) is 5.43. The Bertz CT molecular complexity index is 313. The molecule has 0 aliphatic heterocycles. The Morgan fingerprint density at radius 1 is 1.17 bits per heavy atom. The lowest BCUT2D eigenvalue weighted by molar-refractivity contribution is -0.140. The number of carboxylic acid groups (broad SMARTS) is 2. The fourth-order valence-electron chi connectivity index (χ4n) is 1.33. The number of carbonyl (C=O) groups is 3. The Kier molecular flexibility index (Phi) is 7.18. The molecule has 0 aromatic heterocycles. The van der Waals surface area contributed by atoms with E-state index in [9.17, 15) is 14.4 Å². The van der Waals surface area contributed by atoms with Gasteiger partial charge in [0.05, 0.1) is 0 Å². The minimum absolute atomic E-state index is 0.417. The number of aliphatic carboxylic acids is 2. The third kappa shape index (κ3) is 6.51. The van der Waals surface area contributed by atoms with Gasteiger partial charge in [0, 0.05) is 13.6 Å². The lowest BCUT2D eigenvalue weighted by atomic mass is 10.3. The Balaban J connectivity index is 4.46. The average molecular weight is 258 g/mol. The summed E-state index contributed by atoms with van der Waals surface area (Å²) < 4.78 is 0. The van der Waals surface area contributed by atoms with Crippen LogP contribution >= 0.6 is 0 Å². The van der Waals surface area contributed by atoms with E-state index in [2.05, 4.69) is 6.58 Å². The number of carbonyl (C=O) groups excluding carboxylic acids is 1. The van der Waals surface area contributed by atoms with Gasteiger partial charge in [0.15, 0.2) is 0 Å². The van der Waals surface area contributed by atoms with E-state index in [1.807, 2.05) is 0 Å². The maximum atomic E-state index is 11.8. The Morgan fingerprint density at radius 2 is 1.67 bits per heavy atom. The molecule has 0 fully saturated rings. The lowest BCUT2D eigenvalue weighted by Gasteiger charge is -2.25. The molecule has 2 amide bonds. The highest BCUT2D eigenvalue weighted by Gasteiger charge is 2.22. The Labute approximate surface area is 105 Å². The van der Waals surface area contributed by atoms with Crippen LogP contribution in [-0.4, -0.2) is 64.7 Å². The maximum absolute atomic E-state index is 11.8. The van der Waals surface area contributed by atoms with E-state index >= 15 is 0 Å². The Hall–Kier alpha value is -2.05. The summed E-state index contributed by atoms with van der Waals surface area (Å²) in [7, 11) is 1.50. The molecule has 18 heavy (non-hydrogen) atoms. The number of unbranched alkanes of at least 4 members (excludes halogenated alkanes) is 1. The van der Waals surface area contributed by atoms with E-state index in [1.165, 1.54) is 11.9 Å². The van der Waals surface area contributed by atoms with Crippen molar-refractivity contribution in [2.75, 3.05) is 26.7 Å². The molecule has 0 aromatic rings. The highest BCUT2D eigenvalue weighted by molar-refractivity contribution is 5.84. The number of hydrogen-bond donors (Lipinski definition) is 2. The molecule has 7 heteroatoms. The van der Waals surface area contributed by atoms with Crippen molar-refractivity contribution in [2.24, 2.45) is 0 Å². The van der Waals surface area contributed by atoms with Crippen LogP contribution in [-0.2, 0) is 9.59 Å². The zero-order valence-corrected chi connectivity index (χ0v) is 10.3. The molecule has 0 heterocycles. The largest absolute Gasteiger partial charge is 0.480 e. The monoisotopic (exact) mass is 258 g/mol. The summed E-state index contributed by atoms with van der Waals surface area (Å²) in [6, 6.07) is -0.608. The van der Waals surface area contributed by atoms with E-state index < -0.39 is 31.1 Å². The van der Waals surface area contributed by atoms with Gasteiger partial charge in [-0.05, 0) is 12.8 Å². The second-order valence-electron chi connectivity index (χ2n) is 3.78. The number of amides is 2. The van der Waals surface area contributed by atoms with E-state index in [-0.39, 0.29) is 0 Å². The van der Waals surface area contributed by atoms with Crippen LogP contribution in [0.15, 0.2) is 12.7 Å². The van der Waals surface area contributed by atoms with Gasteiger partial charge in [-0.1, -0.05) is 6.08 Å². The summed E-state index contributed by atoms with van der Waals surface area (Å²) in [5, 5.41) is 17.2. The second-order valence-corrected chi connectivity index (χ2v) is 3.78. The summed E-state index contributed by atoms with van der Waals surface area (Å²) in [5.41, 5.74) is 0. The zero-order valence-electron chi connectivity index (χ0n) is 10.3. The second kappa shape index (κ2) is 8.10. The first kappa shape index (κ1) is 16.0. The van der Waals surface area contributed by atoms with E-state index in [0.29, 0.717) is 13.0 Å². The summed E-state index contributed by atoms with van der Waals surface area (Å²) in [5.74, 6) is -2.49. The van der Waals surface area contributed by atoms with Crippen molar-refractivity contribution in [1.82, 2.24) is 9.80 Å². The van der Waals surface area contributed by atoms with Gasteiger partial charge in [-0.15, -0.1) is 6.58 Å². The van der Waals surface area contributed by atoms with Gasteiger partial charge >= 0.3 is 18.0 Å². The van der Waals surface area contributed by atoms with Gasteiger partial charge < -0.3 is 20.0 Å². The molecule has 102 valence electrons. The highest BCUT2D eigenvalue weighted by Crippen LogP contribution is 2.00. The molecule has 0 aliphatic carbocycles. The molecule has 0 saturated heterocycles. The van der Waals surface area contributed by atoms with Crippen LogP contribution < -0.4 is 0 Å². The van der Waals surface area contributed by atoms with Crippen molar-refractivity contribution in [3.8, 4) is 0 Å². The molecule has 0 rings (SSSR count). The summed E-state index contributed by atoms with van der Waals surface area (Å²) in [4.78, 5) is 35.0. The van der Waals surface area contributed by atoms with Crippen molar-refractivity contribution < 1.29 is 24.6 Å². The Morgan fingerprint density at radius 3 is 2.06 bits per heavy atom. The number of hydrogen-bond acceptors (Lipinski definition) is 3. The SMILES string of the molecule is C=CCCCN(C)C(=O)N(CC(=O)O)CC(=O)O. The summed E-state index contributed by atoms with van der Waals surface area (Å²) in [6.07, 6.45) is 3.14. The van der Waals surface area contributed by atoms with Crippen molar-refractivity contribution in [2.45, 2.75) is 12.8 Å². The van der Waals surface area contributed by atoms with E-state index in [0.717, 1.165) is 11.3 Å². The molecule has 0 unspecified atom stereocenters. The number of carboxylic acids is 2. The van der Waals surface area contributed by atoms with Gasteiger partial charge in [-0.2, -0.15) is 0 Å². The predicted octanol–water partition coefficient (Wildman–Crippen LogP) is 0.476. The molecule has 0 atom stereocenters. The first-order valence-electron chi connectivity index (χ1n) is 5.43. The lowest BCUT2D eigenvalue weighted by Crippen LogP contribution is -2.46. The van der Waals surface area contributed by atoms with Gasteiger partial charge in [0.2, 0.25) is 0 Å². The molecule has 0 aromatic carbocycles. The number of urea groups is 1. The third-order valence-corrected chi connectivity index (χ3v) is 2.15. The molecule has 7 nitrogen and oxygen atoms in total. The van der Waals surface area contributed by atoms with Gasteiger partial charge in [0.1, 0.15) is 13.1 Å². The van der Waals surface area contributed by atoms with E-state index in [1.54, 1.807) is 6.08 Å². The standard InChI is InChI=1S/C11H18N2O5/c1-3-4-5-6-12(2)11(18)13(7-9(14)15)8-10(16)17/h3H,1,4-8H2,2H3,(H,14,15)(H,16,17). The average Bonchev–Trinajstić information content (AvgIpc) is 2.26. The molecule has 0 saturated carbocycles. The molecular formula is C11H18N2O5. The normalized spacial score (nSPS) is 9.61. The predicted molar refractivity (Wildman–Crippen MR) is 64.3 cm³/mol. The minimum atomic E-state index is -1.25. The number of rotatable bonds is 8. The number of allylic oxidation sites excluding steroid dienone is 1. The summed E-state index contributed by atoms with van der Waals surface area (Å²) in [6.45, 7) is 2.71. The van der Waals surface area contributed by atoms with Crippen molar-refractivity contribution in [3.05, 3.63) is 12.7 Å². The fourth-order valence-corrected chi connectivity index (χ4v) is 1.33. The van der Waals surface area contributed by atoms with Crippen LogP contribution in [0.5, 0.6) is 0 Å². The van der Waals surface area contributed by atoms with Gasteiger partial charge in [-0.25, -0.2) is 4.79 Å². The van der Waals surface area contributed by atoms with Crippen molar-refractivity contribution in [1.29, 1.82) is 0 Å². The quantitative estimate of drug-likeness (QED) is 0.487. The smallest absolute Gasteiger partial charge is 0.323 e. The molecular weight excluding hydrogens is 240 g/mol. The molecule has 2 N–H and O–H groups in total. The van der Waals surface area contributed by atoms with Crippen LogP contribution in [0.2, 0.25) is 0 Å². The van der Waals surface area contributed by atoms with Crippen LogP contribution in [0.4, 0.5) is 4.79 Å². The molecule has 0 bridgehead atoms. The van der Waals surface area contributed by atoms with Crippen LogP contribution in [0, 0.1) is 0 Å². The first-order chi connectivity index (χ1) is 8.38. The van der Waals surface area contributed by atoms with Crippen molar-refractivity contribution in [3.63, 3.8) is 0 Å². The van der Waals surface area contributed by atoms with Gasteiger partial charge in [-0.3, -0.25) is 9.59 Å². The fraction of sp³-hybridized carbons (Fsp3) is 0.545. The van der Waals surface area contributed by atoms with Crippen LogP contribution in [0.3, 0.4) is 0 Å². The summed E-state index contributed by atoms with van der Waals surface area (Å²) >= 11 is 0. The molecule has 0 aliphatic rings. The van der Waals surface area contributed by atoms with Crippen LogP contribution in [0.25, 0.3) is 0 Å².